The number of esters is 1. The van der Waals surface area contributed by atoms with E-state index in [-0.39, 0.29) is 12.4 Å². The van der Waals surface area contributed by atoms with Crippen molar-refractivity contribution in [3.8, 4) is 5.75 Å². The Hall–Kier alpha value is -2.33. The van der Waals surface area contributed by atoms with E-state index in [0.717, 1.165) is 26.0 Å². The molecule has 0 spiro atoms. The Kier molecular flexibility index (Phi) is 7.42. The summed E-state index contributed by atoms with van der Waals surface area (Å²) in [6, 6.07) is 16.6. The maximum absolute atomic E-state index is 13.6. The van der Waals surface area contributed by atoms with Crippen LogP contribution in [0.15, 0.2) is 75.9 Å². The van der Waals surface area contributed by atoms with E-state index < -0.39 is 11.9 Å². The number of ether oxygens (including phenoxy) is 2. The van der Waals surface area contributed by atoms with Crippen LogP contribution < -0.4 is 10.1 Å². The van der Waals surface area contributed by atoms with Crippen LogP contribution in [0.25, 0.3) is 5.70 Å². The number of dihydropyridines is 1. The van der Waals surface area contributed by atoms with Gasteiger partial charge in [0, 0.05) is 28.3 Å². The molecule has 5 rings (SSSR count). The van der Waals surface area contributed by atoms with Gasteiger partial charge < -0.3 is 14.8 Å². The zero-order valence-electron chi connectivity index (χ0n) is 19.6. The van der Waals surface area contributed by atoms with E-state index in [1.807, 2.05) is 49.4 Å². The fraction of sp³-hybridized carbons (Fsp3) is 0.143. The number of benzene rings is 3. The van der Waals surface area contributed by atoms with Crippen molar-refractivity contribution < 1.29 is 19.1 Å². The van der Waals surface area contributed by atoms with Gasteiger partial charge in [-0.1, -0.05) is 53.5 Å². The molecule has 1 N–H and O–H groups in total. The third-order valence-electron chi connectivity index (χ3n) is 6.38. The molecule has 1 aliphatic carbocycles. The van der Waals surface area contributed by atoms with Crippen molar-refractivity contribution in [2.75, 3.05) is 7.11 Å². The van der Waals surface area contributed by atoms with Crippen LogP contribution in [0, 0.1) is 3.57 Å². The van der Waals surface area contributed by atoms with Crippen LogP contribution in [0.1, 0.15) is 39.9 Å². The van der Waals surface area contributed by atoms with Gasteiger partial charge in [-0.2, -0.15) is 0 Å². The molecule has 1 aliphatic heterocycles. The molecule has 2 aliphatic rings. The molecule has 3 aromatic carbocycles. The number of ketones is 1. The van der Waals surface area contributed by atoms with E-state index in [1.54, 1.807) is 12.1 Å². The lowest BCUT2D eigenvalue weighted by molar-refractivity contribution is -0.136. The summed E-state index contributed by atoms with van der Waals surface area (Å²) in [6.45, 7) is 2.11. The van der Waals surface area contributed by atoms with E-state index in [9.17, 15) is 9.59 Å². The van der Waals surface area contributed by atoms with Gasteiger partial charge in [-0.05, 0) is 80.8 Å². The summed E-state index contributed by atoms with van der Waals surface area (Å²) in [5, 5.41) is 4.24. The van der Waals surface area contributed by atoms with Gasteiger partial charge in [0.25, 0.3) is 0 Å². The Bertz CT molecular complexity index is 1530. The second kappa shape index (κ2) is 10.4. The third kappa shape index (κ3) is 4.71. The third-order valence-corrected chi connectivity index (χ3v) is 8.50. The first-order valence-corrected chi connectivity index (χ1v) is 13.8. The minimum absolute atomic E-state index is 0.108. The molecule has 0 aromatic heterocycles. The van der Waals surface area contributed by atoms with Crippen LogP contribution in [0.5, 0.6) is 5.75 Å². The SMILES string of the molecule is COC(=O)C1=C(C)NC2=C(C(=O)c3ccccc32)[C@H]1c1cc(Br)c(OCc2ccc(Cl)c(Cl)c2)c(I)c1. The van der Waals surface area contributed by atoms with Gasteiger partial charge >= 0.3 is 5.97 Å². The molecule has 37 heavy (non-hydrogen) atoms. The Labute approximate surface area is 246 Å². The smallest absolute Gasteiger partial charge is 0.336 e. The van der Waals surface area contributed by atoms with E-state index in [0.29, 0.717) is 42.7 Å². The summed E-state index contributed by atoms with van der Waals surface area (Å²) in [5.74, 6) is -0.572. The number of allylic oxidation sites excluding steroid dienone is 2. The number of carbonyl (C=O) groups excluding carboxylic acids is 2. The van der Waals surface area contributed by atoms with Gasteiger partial charge in [0.15, 0.2) is 5.78 Å². The molecule has 0 unspecified atom stereocenters. The molecule has 3 aromatic rings. The molecule has 0 fully saturated rings. The highest BCUT2D eigenvalue weighted by molar-refractivity contribution is 14.1. The van der Waals surface area contributed by atoms with Crippen LogP contribution >= 0.6 is 61.7 Å². The first-order valence-electron chi connectivity index (χ1n) is 11.2. The minimum atomic E-state index is -0.613. The summed E-state index contributed by atoms with van der Waals surface area (Å²) < 4.78 is 12.8. The molecular weight excluding hydrogens is 692 g/mol. The molecule has 0 bridgehead atoms. The van der Waals surface area contributed by atoms with Gasteiger partial charge in [-0.15, -0.1) is 0 Å². The number of Topliss-reactive ketones (excluding diaryl/α,β-unsaturated/α-hetero) is 1. The number of fused-ring (bicyclic) bond motifs is 2. The molecule has 188 valence electrons. The molecular formula is C28H19BrCl2INO4. The first-order chi connectivity index (χ1) is 17.7. The van der Waals surface area contributed by atoms with Gasteiger partial charge in [0.2, 0.25) is 0 Å². The molecule has 0 amide bonds. The number of hydrogen-bond donors (Lipinski definition) is 1. The number of nitrogens with one attached hydrogen (secondary N) is 1. The predicted molar refractivity (Wildman–Crippen MR) is 156 cm³/mol. The molecule has 0 saturated carbocycles. The monoisotopic (exact) mass is 709 g/mol. The van der Waals surface area contributed by atoms with Gasteiger partial charge in [0.1, 0.15) is 12.4 Å². The van der Waals surface area contributed by atoms with Crippen molar-refractivity contribution in [2.24, 2.45) is 0 Å². The quantitative estimate of drug-likeness (QED) is 0.218. The summed E-state index contributed by atoms with van der Waals surface area (Å²) in [5.41, 5.74) is 5.37. The first kappa shape index (κ1) is 26.3. The van der Waals surface area contributed by atoms with Crippen molar-refractivity contribution in [2.45, 2.75) is 19.4 Å². The highest BCUT2D eigenvalue weighted by Crippen LogP contribution is 2.48. The summed E-state index contributed by atoms with van der Waals surface area (Å²) in [4.78, 5) is 26.6. The van der Waals surface area contributed by atoms with Gasteiger partial charge in [-0.25, -0.2) is 4.79 Å². The van der Waals surface area contributed by atoms with E-state index in [4.69, 9.17) is 32.7 Å². The lowest BCUT2D eigenvalue weighted by atomic mass is 9.80. The Morgan fingerprint density at radius 1 is 1.08 bits per heavy atom. The largest absolute Gasteiger partial charge is 0.487 e. The van der Waals surface area contributed by atoms with Gasteiger partial charge in [0.05, 0.1) is 36.5 Å². The van der Waals surface area contributed by atoms with Crippen molar-refractivity contribution in [1.29, 1.82) is 0 Å². The molecule has 1 heterocycles. The molecule has 5 nitrogen and oxygen atoms in total. The summed E-state index contributed by atoms with van der Waals surface area (Å²) in [7, 11) is 1.34. The number of hydrogen-bond acceptors (Lipinski definition) is 5. The summed E-state index contributed by atoms with van der Waals surface area (Å²) in [6.07, 6.45) is 0. The number of halogens is 4. The highest BCUT2D eigenvalue weighted by Gasteiger charge is 2.43. The highest BCUT2D eigenvalue weighted by atomic mass is 127. The van der Waals surface area contributed by atoms with Crippen LogP contribution in [0.4, 0.5) is 0 Å². The van der Waals surface area contributed by atoms with Crippen LogP contribution in [0.2, 0.25) is 10.0 Å². The molecule has 9 heteroatoms. The van der Waals surface area contributed by atoms with Crippen LogP contribution in [-0.2, 0) is 16.1 Å². The van der Waals surface area contributed by atoms with Crippen molar-refractivity contribution in [3.05, 3.63) is 112 Å². The fourth-order valence-electron chi connectivity index (χ4n) is 4.71. The molecule has 1 atom stereocenters. The van der Waals surface area contributed by atoms with Crippen molar-refractivity contribution >= 4 is 79.2 Å². The van der Waals surface area contributed by atoms with Crippen LogP contribution in [-0.4, -0.2) is 18.9 Å². The van der Waals surface area contributed by atoms with E-state index >= 15 is 0 Å². The lowest BCUT2D eigenvalue weighted by Gasteiger charge is -2.29. The Morgan fingerprint density at radius 2 is 1.81 bits per heavy atom. The average molecular weight is 711 g/mol. The van der Waals surface area contributed by atoms with E-state index in [2.05, 4.69) is 43.8 Å². The Morgan fingerprint density at radius 3 is 2.49 bits per heavy atom. The Balaban J connectivity index is 1.56. The maximum atomic E-state index is 13.6. The fourth-order valence-corrected chi connectivity index (χ4v) is 6.80. The van der Waals surface area contributed by atoms with Gasteiger partial charge in [-0.3, -0.25) is 4.79 Å². The number of methoxy groups -OCH3 is 1. The second-order valence-electron chi connectivity index (χ2n) is 8.60. The topological polar surface area (TPSA) is 64.6 Å². The zero-order chi connectivity index (χ0) is 26.4. The lowest BCUT2D eigenvalue weighted by Crippen LogP contribution is -2.29. The second-order valence-corrected chi connectivity index (χ2v) is 11.4. The average Bonchev–Trinajstić information content (AvgIpc) is 3.15. The van der Waals surface area contributed by atoms with Crippen molar-refractivity contribution in [3.63, 3.8) is 0 Å². The molecule has 0 radical (unpaired) electrons. The normalized spacial score (nSPS) is 16.4. The summed E-state index contributed by atoms with van der Waals surface area (Å²) >= 11 is 18.0. The number of carbonyl (C=O) groups is 2. The zero-order valence-corrected chi connectivity index (χ0v) is 24.9. The standard InChI is InChI=1S/C28H19BrCl2INO4/c1-13-22(28(35)36-2)23(24-25(33-13)16-5-3-4-6-17(16)26(24)34)15-10-18(29)27(21(32)11-15)37-12-14-7-8-19(30)20(31)9-14/h3-11,23,33H,12H2,1-2H3/t23-/m0/s1. The van der Waals surface area contributed by atoms with Crippen LogP contribution in [0.3, 0.4) is 0 Å². The van der Waals surface area contributed by atoms with Crippen molar-refractivity contribution in [1.82, 2.24) is 5.32 Å². The minimum Gasteiger partial charge on any atom is -0.487 e. The molecule has 0 saturated heterocycles. The van der Waals surface area contributed by atoms with E-state index in [1.165, 1.54) is 7.11 Å². The number of rotatable bonds is 5. The maximum Gasteiger partial charge on any atom is 0.336 e. The predicted octanol–water partition coefficient (Wildman–Crippen LogP) is 7.68.